The van der Waals surface area contributed by atoms with Gasteiger partial charge in [-0.1, -0.05) is 18.2 Å². The maximum Gasteiger partial charge on any atom is 0.253 e. The van der Waals surface area contributed by atoms with Crippen molar-refractivity contribution in [3.8, 4) is 0 Å². The van der Waals surface area contributed by atoms with E-state index in [1.54, 1.807) is 6.20 Å². The van der Waals surface area contributed by atoms with Gasteiger partial charge in [0, 0.05) is 23.6 Å². The normalized spacial score (nSPS) is 11.1. The molecule has 4 nitrogen and oxygen atoms in total. The predicted molar refractivity (Wildman–Crippen MR) is 73.8 cm³/mol. The van der Waals surface area contributed by atoms with E-state index >= 15 is 0 Å². The van der Waals surface area contributed by atoms with E-state index in [2.05, 4.69) is 15.2 Å². The van der Waals surface area contributed by atoms with Crippen LogP contribution in [0.25, 0.3) is 10.9 Å². The van der Waals surface area contributed by atoms with Crippen LogP contribution in [0.15, 0.2) is 30.5 Å². The molecule has 96 valence electrons. The summed E-state index contributed by atoms with van der Waals surface area (Å²) >= 11 is 0. The van der Waals surface area contributed by atoms with Gasteiger partial charge < -0.3 is 15.2 Å². The maximum atomic E-state index is 12.0. The molecule has 0 unspecified atom stereocenters. The molecule has 2 N–H and O–H groups in total. The molecule has 1 heterocycles. The number of para-hydroxylation sites is 1. The zero-order valence-electron chi connectivity index (χ0n) is 10.9. The minimum absolute atomic E-state index is 0.00814. The van der Waals surface area contributed by atoms with Crippen LogP contribution >= 0.6 is 0 Å². The zero-order valence-corrected chi connectivity index (χ0v) is 10.9. The Labute approximate surface area is 107 Å². The van der Waals surface area contributed by atoms with Crippen LogP contribution in [0.5, 0.6) is 0 Å². The van der Waals surface area contributed by atoms with Gasteiger partial charge in [-0.15, -0.1) is 0 Å². The molecule has 1 aromatic heterocycles. The summed E-state index contributed by atoms with van der Waals surface area (Å²) in [6.45, 7) is 1.69. The van der Waals surface area contributed by atoms with Crippen molar-refractivity contribution in [2.24, 2.45) is 0 Å². The van der Waals surface area contributed by atoms with Crippen LogP contribution in [0.3, 0.4) is 0 Å². The minimum atomic E-state index is -0.00814. The van der Waals surface area contributed by atoms with E-state index in [9.17, 15) is 4.79 Å². The highest BCUT2D eigenvalue weighted by Gasteiger charge is 2.10. The molecule has 0 bridgehead atoms. The molecule has 0 aliphatic carbocycles. The summed E-state index contributed by atoms with van der Waals surface area (Å²) in [4.78, 5) is 17.2. The summed E-state index contributed by atoms with van der Waals surface area (Å²) in [5.41, 5.74) is 1.71. The number of carbonyl (C=O) groups excluding carboxylic acids is 1. The second kappa shape index (κ2) is 5.69. The number of amides is 1. The smallest absolute Gasteiger partial charge is 0.253 e. The SMILES string of the molecule is CN(C)CCCNC(=O)c1c[nH]c2ccccc12. The van der Waals surface area contributed by atoms with E-state index in [1.807, 2.05) is 38.4 Å². The topological polar surface area (TPSA) is 48.1 Å². The van der Waals surface area contributed by atoms with E-state index < -0.39 is 0 Å². The van der Waals surface area contributed by atoms with Gasteiger partial charge in [-0.25, -0.2) is 0 Å². The lowest BCUT2D eigenvalue weighted by Gasteiger charge is -2.09. The van der Waals surface area contributed by atoms with Crippen LogP contribution in [0.1, 0.15) is 16.8 Å². The third-order valence-corrected chi connectivity index (χ3v) is 2.90. The molecule has 2 rings (SSSR count). The highest BCUT2D eigenvalue weighted by atomic mass is 16.1. The van der Waals surface area contributed by atoms with Crippen LogP contribution in [0, 0.1) is 0 Å². The van der Waals surface area contributed by atoms with Crippen molar-refractivity contribution >= 4 is 16.8 Å². The number of carbonyl (C=O) groups is 1. The summed E-state index contributed by atoms with van der Waals surface area (Å²) in [5, 5.41) is 3.92. The van der Waals surface area contributed by atoms with Crippen LogP contribution < -0.4 is 5.32 Å². The number of aromatic amines is 1. The largest absolute Gasteiger partial charge is 0.360 e. The number of hydrogen-bond acceptors (Lipinski definition) is 2. The van der Waals surface area contributed by atoms with Crippen LogP contribution in [0.2, 0.25) is 0 Å². The summed E-state index contributed by atoms with van der Waals surface area (Å²) in [5.74, 6) is -0.00814. The number of fused-ring (bicyclic) bond motifs is 1. The Kier molecular flexibility index (Phi) is 3.99. The first-order chi connectivity index (χ1) is 8.68. The number of aromatic nitrogens is 1. The van der Waals surface area contributed by atoms with Gasteiger partial charge in [0.2, 0.25) is 0 Å². The van der Waals surface area contributed by atoms with Crippen LogP contribution in [-0.4, -0.2) is 43.0 Å². The molecule has 0 spiro atoms. The summed E-state index contributed by atoms with van der Waals surface area (Å²) in [7, 11) is 4.06. The van der Waals surface area contributed by atoms with E-state index in [0.717, 1.165) is 29.4 Å². The zero-order chi connectivity index (χ0) is 13.0. The molecular formula is C14H19N3O. The second-order valence-corrected chi connectivity index (χ2v) is 4.66. The van der Waals surface area contributed by atoms with Crippen molar-refractivity contribution in [1.29, 1.82) is 0 Å². The lowest BCUT2D eigenvalue weighted by atomic mass is 10.1. The Balaban J connectivity index is 1.97. The molecular weight excluding hydrogens is 226 g/mol. The second-order valence-electron chi connectivity index (χ2n) is 4.66. The monoisotopic (exact) mass is 245 g/mol. The third-order valence-electron chi connectivity index (χ3n) is 2.90. The number of benzene rings is 1. The Bertz CT molecular complexity index is 531. The van der Waals surface area contributed by atoms with Crippen molar-refractivity contribution in [2.75, 3.05) is 27.2 Å². The maximum absolute atomic E-state index is 12.0. The van der Waals surface area contributed by atoms with Gasteiger partial charge in [0.1, 0.15) is 0 Å². The number of nitrogens with one attached hydrogen (secondary N) is 2. The van der Waals surface area contributed by atoms with Gasteiger partial charge >= 0.3 is 0 Å². The molecule has 1 aromatic carbocycles. The minimum Gasteiger partial charge on any atom is -0.360 e. The Morgan fingerprint density at radius 3 is 2.89 bits per heavy atom. The fourth-order valence-corrected chi connectivity index (χ4v) is 1.95. The standard InChI is InChI=1S/C14H19N3O/c1-17(2)9-5-8-15-14(18)12-10-16-13-7-4-3-6-11(12)13/h3-4,6-7,10,16H,5,8-9H2,1-2H3,(H,15,18). The Morgan fingerprint density at radius 1 is 1.33 bits per heavy atom. The molecule has 0 aliphatic heterocycles. The first-order valence-electron chi connectivity index (χ1n) is 6.17. The first-order valence-corrected chi connectivity index (χ1v) is 6.17. The fraction of sp³-hybridized carbons (Fsp3) is 0.357. The average molecular weight is 245 g/mol. The fourth-order valence-electron chi connectivity index (χ4n) is 1.95. The molecule has 0 aliphatic rings. The van der Waals surface area contributed by atoms with Gasteiger partial charge in [0.15, 0.2) is 0 Å². The summed E-state index contributed by atoms with van der Waals surface area (Å²) in [6.07, 6.45) is 2.73. The van der Waals surface area contributed by atoms with Gasteiger partial charge in [-0.3, -0.25) is 4.79 Å². The Morgan fingerprint density at radius 2 is 2.11 bits per heavy atom. The van der Waals surface area contributed by atoms with Crippen molar-refractivity contribution in [1.82, 2.24) is 15.2 Å². The molecule has 0 saturated heterocycles. The molecule has 4 heteroatoms. The molecule has 2 aromatic rings. The van der Waals surface area contributed by atoms with Crippen molar-refractivity contribution in [3.05, 3.63) is 36.0 Å². The van der Waals surface area contributed by atoms with Gasteiger partial charge in [-0.05, 0) is 33.1 Å². The number of H-pyrrole nitrogens is 1. The number of nitrogens with zero attached hydrogens (tertiary/aromatic N) is 1. The number of hydrogen-bond donors (Lipinski definition) is 2. The van der Waals surface area contributed by atoms with Crippen LogP contribution in [-0.2, 0) is 0 Å². The van der Waals surface area contributed by atoms with E-state index in [-0.39, 0.29) is 5.91 Å². The lowest BCUT2D eigenvalue weighted by Crippen LogP contribution is -2.26. The number of rotatable bonds is 5. The molecule has 1 amide bonds. The quantitative estimate of drug-likeness (QED) is 0.790. The molecule has 0 atom stereocenters. The molecule has 0 radical (unpaired) electrons. The van der Waals surface area contributed by atoms with Crippen molar-refractivity contribution in [3.63, 3.8) is 0 Å². The third kappa shape index (κ3) is 2.90. The molecule has 0 fully saturated rings. The van der Waals surface area contributed by atoms with Crippen LogP contribution in [0.4, 0.5) is 0 Å². The van der Waals surface area contributed by atoms with E-state index in [1.165, 1.54) is 0 Å². The molecule has 18 heavy (non-hydrogen) atoms. The predicted octanol–water partition coefficient (Wildman–Crippen LogP) is 1.85. The highest BCUT2D eigenvalue weighted by Crippen LogP contribution is 2.17. The van der Waals surface area contributed by atoms with E-state index in [4.69, 9.17) is 0 Å². The molecule has 0 saturated carbocycles. The lowest BCUT2D eigenvalue weighted by molar-refractivity contribution is 0.0954. The van der Waals surface area contributed by atoms with Gasteiger partial charge in [0.25, 0.3) is 5.91 Å². The average Bonchev–Trinajstić information content (AvgIpc) is 2.78. The highest BCUT2D eigenvalue weighted by molar-refractivity contribution is 6.06. The van der Waals surface area contributed by atoms with E-state index in [0.29, 0.717) is 6.54 Å². The summed E-state index contributed by atoms with van der Waals surface area (Å²) in [6, 6.07) is 7.83. The van der Waals surface area contributed by atoms with Gasteiger partial charge in [0.05, 0.1) is 5.56 Å². The first kappa shape index (κ1) is 12.6. The summed E-state index contributed by atoms with van der Waals surface area (Å²) < 4.78 is 0. The van der Waals surface area contributed by atoms with Crippen molar-refractivity contribution in [2.45, 2.75) is 6.42 Å². The van der Waals surface area contributed by atoms with Crippen molar-refractivity contribution < 1.29 is 4.79 Å². The Hall–Kier alpha value is -1.81. The van der Waals surface area contributed by atoms with Gasteiger partial charge in [-0.2, -0.15) is 0 Å².